The maximum absolute atomic E-state index is 11.6. The number of hydrogen-bond donors (Lipinski definition) is 3. The number of urea groups is 1. The molecular weight excluding hydrogens is 210 g/mol. The second-order valence-electron chi connectivity index (χ2n) is 4.07. The molecule has 1 rings (SSSR count). The molecule has 1 saturated heterocycles. The lowest BCUT2D eigenvalue weighted by Gasteiger charge is -2.32. The molecule has 16 heavy (non-hydrogen) atoms. The van der Waals surface area contributed by atoms with Gasteiger partial charge in [-0.15, -0.1) is 0 Å². The van der Waals surface area contributed by atoms with Gasteiger partial charge in [-0.25, -0.2) is 4.79 Å². The van der Waals surface area contributed by atoms with E-state index in [-0.39, 0.29) is 18.4 Å². The molecule has 1 unspecified atom stereocenters. The molecule has 92 valence electrons. The summed E-state index contributed by atoms with van der Waals surface area (Å²) in [6.45, 7) is 2.10. The third-order valence-corrected chi connectivity index (χ3v) is 2.69. The molecule has 1 heterocycles. The van der Waals surface area contributed by atoms with Crippen molar-refractivity contribution in [1.82, 2.24) is 10.2 Å². The van der Waals surface area contributed by atoms with Crippen molar-refractivity contribution in [2.45, 2.75) is 19.3 Å². The van der Waals surface area contributed by atoms with Crippen LogP contribution < -0.4 is 11.1 Å². The Balaban J connectivity index is 2.37. The number of hydrogen-bond acceptors (Lipinski definition) is 3. The van der Waals surface area contributed by atoms with Gasteiger partial charge in [0.15, 0.2) is 0 Å². The first-order valence-corrected chi connectivity index (χ1v) is 5.58. The fourth-order valence-corrected chi connectivity index (χ4v) is 1.95. The van der Waals surface area contributed by atoms with E-state index in [1.54, 1.807) is 4.90 Å². The van der Waals surface area contributed by atoms with Crippen molar-refractivity contribution in [2.24, 2.45) is 11.7 Å². The van der Waals surface area contributed by atoms with E-state index in [2.05, 4.69) is 5.32 Å². The number of nitrogens with one attached hydrogen (secondary N) is 1. The fraction of sp³-hybridized carbons (Fsp3) is 0.800. The highest BCUT2D eigenvalue weighted by Crippen LogP contribution is 2.19. The standard InChI is InChI=1S/C10H19N3O3/c11-3-4-12-10(16)13-5-1-2-8(7-13)6-9(14)15/h8H,1-7,11H2,(H,12,16)(H,14,15). The Morgan fingerprint density at radius 2 is 2.25 bits per heavy atom. The lowest BCUT2D eigenvalue weighted by molar-refractivity contribution is -0.138. The number of carboxylic acid groups (broad SMARTS) is 1. The normalized spacial score (nSPS) is 20.6. The summed E-state index contributed by atoms with van der Waals surface area (Å²) in [5, 5.41) is 11.4. The lowest BCUT2D eigenvalue weighted by Crippen LogP contribution is -2.46. The Bertz CT molecular complexity index is 258. The third kappa shape index (κ3) is 4.06. The number of nitrogens with two attached hydrogens (primary N) is 1. The molecular formula is C10H19N3O3. The van der Waals surface area contributed by atoms with Crippen LogP contribution in [0.1, 0.15) is 19.3 Å². The number of carboxylic acids is 1. The average molecular weight is 229 g/mol. The van der Waals surface area contributed by atoms with Gasteiger partial charge in [0, 0.05) is 32.6 Å². The summed E-state index contributed by atoms with van der Waals surface area (Å²) < 4.78 is 0. The molecule has 0 aliphatic carbocycles. The Labute approximate surface area is 94.8 Å². The summed E-state index contributed by atoms with van der Waals surface area (Å²) >= 11 is 0. The van der Waals surface area contributed by atoms with Crippen LogP contribution in [-0.4, -0.2) is 48.2 Å². The van der Waals surface area contributed by atoms with Gasteiger partial charge >= 0.3 is 12.0 Å². The number of likely N-dealkylation sites (tertiary alicyclic amines) is 1. The second kappa shape index (κ2) is 6.32. The van der Waals surface area contributed by atoms with Crippen molar-refractivity contribution in [3.8, 4) is 0 Å². The Hall–Kier alpha value is -1.30. The molecule has 6 heteroatoms. The van der Waals surface area contributed by atoms with Crippen LogP contribution in [0.4, 0.5) is 4.79 Å². The highest BCUT2D eigenvalue weighted by molar-refractivity contribution is 5.74. The zero-order chi connectivity index (χ0) is 12.0. The van der Waals surface area contributed by atoms with Crippen LogP contribution in [-0.2, 0) is 4.79 Å². The third-order valence-electron chi connectivity index (χ3n) is 2.69. The van der Waals surface area contributed by atoms with Gasteiger partial charge in [-0.05, 0) is 18.8 Å². The van der Waals surface area contributed by atoms with Gasteiger partial charge in [-0.3, -0.25) is 4.79 Å². The average Bonchev–Trinajstić information content (AvgIpc) is 2.25. The first-order chi connectivity index (χ1) is 7.63. The smallest absolute Gasteiger partial charge is 0.317 e. The van der Waals surface area contributed by atoms with Gasteiger partial charge < -0.3 is 21.1 Å². The molecule has 0 aromatic heterocycles. The second-order valence-corrected chi connectivity index (χ2v) is 4.07. The van der Waals surface area contributed by atoms with Crippen LogP contribution >= 0.6 is 0 Å². The van der Waals surface area contributed by atoms with Crippen molar-refractivity contribution < 1.29 is 14.7 Å². The first kappa shape index (κ1) is 12.8. The van der Waals surface area contributed by atoms with Crippen LogP contribution in [0.2, 0.25) is 0 Å². The molecule has 6 nitrogen and oxygen atoms in total. The Morgan fingerprint density at radius 3 is 2.88 bits per heavy atom. The largest absolute Gasteiger partial charge is 0.481 e. The highest BCUT2D eigenvalue weighted by atomic mass is 16.4. The van der Waals surface area contributed by atoms with Crippen LogP contribution in [0, 0.1) is 5.92 Å². The highest BCUT2D eigenvalue weighted by Gasteiger charge is 2.24. The topological polar surface area (TPSA) is 95.7 Å². The molecule has 2 amide bonds. The van der Waals surface area contributed by atoms with Crippen molar-refractivity contribution in [3.63, 3.8) is 0 Å². The SMILES string of the molecule is NCCNC(=O)N1CCCC(CC(=O)O)C1. The number of amides is 2. The van der Waals surface area contributed by atoms with E-state index >= 15 is 0 Å². The van der Waals surface area contributed by atoms with Gasteiger partial charge in [0.05, 0.1) is 0 Å². The Morgan fingerprint density at radius 1 is 1.50 bits per heavy atom. The monoisotopic (exact) mass is 229 g/mol. The predicted molar refractivity (Wildman–Crippen MR) is 59.0 cm³/mol. The number of piperidine rings is 1. The number of rotatable bonds is 4. The Kier molecular flexibility index (Phi) is 5.04. The van der Waals surface area contributed by atoms with Crippen molar-refractivity contribution in [1.29, 1.82) is 0 Å². The minimum absolute atomic E-state index is 0.0786. The van der Waals surface area contributed by atoms with E-state index in [1.165, 1.54) is 0 Å². The van der Waals surface area contributed by atoms with E-state index < -0.39 is 5.97 Å². The van der Waals surface area contributed by atoms with Gasteiger partial charge in [0.2, 0.25) is 0 Å². The molecule has 0 aromatic carbocycles. The molecule has 1 aliphatic rings. The van der Waals surface area contributed by atoms with Gasteiger partial charge in [0.1, 0.15) is 0 Å². The molecule has 4 N–H and O–H groups in total. The minimum Gasteiger partial charge on any atom is -0.481 e. The van der Waals surface area contributed by atoms with Gasteiger partial charge in [0.25, 0.3) is 0 Å². The van der Waals surface area contributed by atoms with E-state index in [0.717, 1.165) is 12.8 Å². The summed E-state index contributed by atoms with van der Waals surface area (Å²) in [4.78, 5) is 23.9. The fourth-order valence-electron chi connectivity index (χ4n) is 1.95. The number of aliphatic carboxylic acids is 1. The van der Waals surface area contributed by atoms with E-state index in [1.807, 2.05) is 0 Å². The zero-order valence-electron chi connectivity index (χ0n) is 9.32. The summed E-state index contributed by atoms with van der Waals surface area (Å²) in [5.41, 5.74) is 5.29. The summed E-state index contributed by atoms with van der Waals surface area (Å²) in [6.07, 6.45) is 1.89. The summed E-state index contributed by atoms with van der Waals surface area (Å²) in [5.74, 6) is -0.718. The summed E-state index contributed by atoms with van der Waals surface area (Å²) in [6, 6.07) is -0.138. The quantitative estimate of drug-likeness (QED) is 0.624. The zero-order valence-corrected chi connectivity index (χ0v) is 9.32. The molecule has 1 atom stereocenters. The number of carbonyl (C=O) groups excluding carboxylic acids is 1. The maximum Gasteiger partial charge on any atom is 0.317 e. The predicted octanol–water partition coefficient (Wildman–Crippen LogP) is -0.159. The molecule has 1 aliphatic heterocycles. The van der Waals surface area contributed by atoms with Crippen molar-refractivity contribution >= 4 is 12.0 Å². The lowest BCUT2D eigenvalue weighted by atomic mass is 9.95. The number of nitrogens with zero attached hydrogens (tertiary/aromatic N) is 1. The number of carbonyl (C=O) groups is 2. The molecule has 0 radical (unpaired) electrons. The van der Waals surface area contributed by atoms with Gasteiger partial charge in [-0.1, -0.05) is 0 Å². The van der Waals surface area contributed by atoms with E-state index in [4.69, 9.17) is 10.8 Å². The molecule has 0 aromatic rings. The van der Waals surface area contributed by atoms with Crippen LogP contribution in [0.5, 0.6) is 0 Å². The summed E-state index contributed by atoms with van der Waals surface area (Å²) in [7, 11) is 0. The minimum atomic E-state index is -0.797. The van der Waals surface area contributed by atoms with E-state index in [9.17, 15) is 9.59 Å². The van der Waals surface area contributed by atoms with Crippen LogP contribution in [0.25, 0.3) is 0 Å². The molecule has 1 fully saturated rings. The first-order valence-electron chi connectivity index (χ1n) is 5.58. The molecule has 0 bridgehead atoms. The molecule has 0 saturated carbocycles. The van der Waals surface area contributed by atoms with Crippen molar-refractivity contribution in [3.05, 3.63) is 0 Å². The van der Waals surface area contributed by atoms with Gasteiger partial charge in [-0.2, -0.15) is 0 Å². The van der Waals surface area contributed by atoms with Crippen molar-refractivity contribution in [2.75, 3.05) is 26.2 Å². The maximum atomic E-state index is 11.6. The van der Waals surface area contributed by atoms with Crippen LogP contribution in [0.15, 0.2) is 0 Å². The van der Waals surface area contributed by atoms with Crippen LogP contribution in [0.3, 0.4) is 0 Å². The van der Waals surface area contributed by atoms with E-state index in [0.29, 0.717) is 26.2 Å². The molecule has 0 spiro atoms.